The number of benzene rings is 1. The molecule has 1 rings (SSSR count). The Morgan fingerprint density at radius 3 is 2.45 bits per heavy atom. The minimum atomic E-state index is -0.948. The molecule has 1 aromatic carbocycles. The van der Waals surface area contributed by atoms with E-state index < -0.39 is 11.9 Å². The summed E-state index contributed by atoms with van der Waals surface area (Å²) in [6.07, 6.45) is -0.948. The van der Waals surface area contributed by atoms with Gasteiger partial charge < -0.3 is 15.7 Å². The van der Waals surface area contributed by atoms with Crippen LogP contribution in [0.25, 0.3) is 0 Å². The summed E-state index contributed by atoms with van der Waals surface area (Å²) in [5.74, 6) is 0.688. The number of guanidine groups is 1. The Bertz CT molecular complexity index is 468. The van der Waals surface area contributed by atoms with Crippen molar-refractivity contribution in [3.05, 3.63) is 35.6 Å². The van der Waals surface area contributed by atoms with E-state index in [2.05, 4.69) is 36.4 Å². The van der Waals surface area contributed by atoms with E-state index in [1.807, 2.05) is 6.92 Å². The fourth-order valence-corrected chi connectivity index (χ4v) is 1.72. The summed E-state index contributed by atoms with van der Waals surface area (Å²) < 4.78 is 13.6. The molecule has 126 valence electrons. The van der Waals surface area contributed by atoms with Crippen LogP contribution in [-0.4, -0.2) is 30.2 Å². The predicted octanol–water partition coefficient (Wildman–Crippen LogP) is 3.08. The highest BCUT2D eigenvalue weighted by atomic mass is 127. The molecule has 0 bridgehead atoms. The molecule has 4 nitrogen and oxygen atoms in total. The highest BCUT2D eigenvalue weighted by molar-refractivity contribution is 14.0. The highest BCUT2D eigenvalue weighted by Crippen LogP contribution is 2.16. The Balaban J connectivity index is 0.00000441. The zero-order chi connectivity index (χ0) is 15.8. The van der Waals surface area contributed by atoms with Crippen LogP contribution in [-0.2, 0) is 0 Å². The maximum Gasteiger partial charge on any atom is 0.191 e. The van der Waals surface area contributed by atoms with Crippen LogP contribution in [0.5, 0.6) is 0 Å². The molecule has 0 radical (unpaired) electrons. The first-order valence-corrected chi connectivity index (χ1v) is 7.43. The number of nitrogens with zero attached hydrogens (tertiary/aromatic N) is 1. The van der Waals surface area contributed by atoms with E-state index in [0.29, 0.717) is 11.9 Å². The van der Waals surface area contributed by atoms with Gasteiger partial charge in [-0.05, 0) is 25.8 Å². The molecular formula is C16H27FIN3O. The Labute approximate surface area is 149 Å². The zero-order valence-corrected chi connectivity index (χ0v) is 16.0. The van der Waals surface area contributed by atoms with Crippen molar-refractivity contribution in [1.29, 1.82) is 0 Å². The van der Waals surface area contributed by atoms with Crippen molar-refractivity contribution in [2.24, 2.45) is 10.9 Å². The molecule has 1 aromatic rings. The lowest BCUT2D eigenvalue weighted by atomic mass is 10.1. The van der Waals surface area contributed by atoms with Gasteiger partial charge in [-0.15, -0.1) is 24.0 Å². The molecule has 0 amide bonds. The average molecular weight is 423 g/mol. The minimum Gasteiger partial charge on any atom is -0.386 e. The number of rotatable bonds is 6. The van der Waals surface area contributed by atoms with Crippen LogP contribution in [0, 0.1) is 11.7 Å². The van der Waals surface area contributed by atoms with Gasteiger partial charge in [-0.2, -0.15) is 0 Å². The Kier molecular flexibility index (Phi) is 10.3. The zero-order valence-electron chi connectivity index (χ0n) is 13.6. The van der Waals surface area contributed by atoms with E-state index in [-0.39, 0.29) is 42.1 Å². The summed E-state index contributed by atoms with van der Waals surface area (Å²) in [7, 11) is 0. The molecule has 0 fully saturated rings. The van der Waals surface area contributed by atoms with Crippen molar-refractivity contribution in [2.75, 3.05) is 13.1 Å². The molecule has 0 saturated carbocycles. The smallest absolute Gasteiger partial charge is 0.191 e. The Morgan fingerprint density at radius 2 is 1.91 bits per heavy atom. The van der Waals surface area contributed by atoms with Crippen LogP contribution >= 0.6 is 24.0 Å². The molecule has 6 heteroatoms. The lowest BCUT2D eigenvalue weighted by molar-refractivity contribution is 0.182. The fourth-order valence-electron chi connectivity index (χ4n) is 1.72. The van der Waals surface area contributed by atoms with E-state index >= 15 is 0 Å². The molecule has 0 saturated heterocycles. The van der Waals surface area contributed by atoms with Crippen molar-refractivity contribution in [1.82, 2.24) is 10.6 Å². The third-order valence-electron chi connectivity index (χ3n) is 3.40. The molecule has 0 aromatic heterocycles. The summed E-state index contributed by atoms with van der Waals surface area (Å²) in [4.78, 5) is 4.33. The highest BCUT2D eigenvalue weighted by Gasteiger charge is 2.13. The first-order valence-electron chi connectivity index (χ1n) is 7.43. The molecule has 0 aliphatic carbocycles. The number of hydrogen-bond acceptors (Lipinski definition) is 2. The van der Waals surface area contributed by atoms with Crippen molar-refractivity contribution in [3.63, 3.8) is 0 Å². The first-order chi connectivity index (χ1) is 9.95. The molecule has 0 aliphatic heterocycles. The van der Waals surface area contributed by atoms with Gasteiger partial charge in [-0.3, -0.25) is 4.99 Å². The van der Waals surface area contributed by atoms with Crippen LogP contribution in [0.15, 0.2) is 29.3 Å². The standard InChI is InChI=1S/C16H26FN3O.HI/c1-5-18-16(20-12(4)11(2)3)19-10-15(21)13-8-6-7-9-14(13)17;/h6-9,11-12,15,21H,5,10H2,1-4H3,(H2,18,19,20);1H. The number of aliphatic imine (C=N–C) groups is 1. The summed E-state index contributed by atoms with van der Waals surface area (Å²) in [6, 6.07) is 6.48. The van der Waals surface area contributed by atoms with Gasteiger partial charge in [0.15, 0.2) is 5.96 Å². The van der Waals surface area contributed by atoms with Crippen molar-refractivity contribution in [2.45, 2.75) is 39.8 Å². The average Bonchev–Trinajstić information content (AvgIpc) is 2.45. The van der Waals surface area contributed by atoms with Crippen LogP contribution < -0.4 is 10.6 Å². The van der Waals surface area contributed by atoms with E-state index in [1.54, 1.807) is 18.2 Å². The number of aliphatic hydroxyl groups excluding tert-OH is 1. The molecular weight excluding hydrogens is 396 g/mol. The monoisotopic (exact) mass is 423 g/mol. The largest absolute Gasteiger partial charge is 0.386 e. The quantitative estimate of drug-likeness (QED) is 0.375. The van der Waals surface area contributed by atoms with Gasteiger partial charge in [-0.1, -0.05) is 32.0 Å². The summed E-state index contributed by atoms with van der Waals surface area (Å²) in [5.41, 5.74) is 0.272. The van der Waals surface area contributed by atoms with E-state index in [1.165, 1.54) is 6.07 Å². The van der Waals surface area contributed by atoms with Gasteiger partial charge in [0.1, 0.15) is 11.9 Å². The van der Waals surface area contributed by atoms with E-state index in [4.69, 9.17) is 0 Å². The molecule has 0 aliphatic rings. The van der Waals surface area contributed by atoms with Crippen molar-refractivity contribution in [3.8, 4) is 0 Å². The number of aliphatic hydroxyl groups is 1. The van der Waals surface area contributed by atoms with Gasteiger partial charge in [0.2, 0.25) is 0 Å². The number of nitrogens with one attached hydrogen (secondary N) is 2. The second-order valence-corrected chi connectivity index (χ2v) is 5.43. The van der Waals surface area contributed by atoms with Crippen molar-refractivity contribution < 1.29 is 9.50 Å². The normalized spacial score (nSPS) is 14.2. The molecule has 0 heterocycles. The SMILES string of the molecule is CCNC(=NCC(O)c1ccccc1F)NC(C)C(C)C.I. The van der Waals surface area contributed by atoms with Gasteiger partial charge in [0.25, 0.3) is 0 Å². The van der Waals surface area contributed by atoms with Gasteiger partial charge in [0, 0.05) is 18.2 Å². The summed E-state index contributed by atoms with van der Waals surface area (Å²) in [6.45, 7) is 9.13. The van der Waals surface area contributed by atoms with Crippen LogP contribution in [0.3, 0.4) is 0 Å². The molecule has 2 atom stereocenters. The second kappa shape index (κ2) is 10.8. The lowest BCUT2D eigenvalue weighted by Crippen LogP contribution is -2.44. The maximum absolute atomic E-state index is 13.6. The maximum atomic E-state index is 13.6. The van der Waals surface area contributed by atoms with Crippen LogP contribution in [0.1, 0.15) is 39.4 Å². The molecule has 2 unspecified atom stereocenters. The third kappa shape index (κ3) is 6.91. The fraction of sp³-hybridized carbons (Fsp3) is 0.562. The van der Waals surface area contributed by atoms with E-state index in [0.717, 1.165) is 6.54 Å². The van der Waals surface area contributed by atoms with Crippen LogP contribution in [0.2, 0.25) is 0 Å². The Morgan fingerprint density at radius 1 is 1.27 bits per heavy atom. The van der Waals surface area contributed by atoms with E-state index in [9.17, 15) is 9.50 Å². The van der Waals surface area contributed by atoms with Gasteiger partial charge >= 0.3 is 0 Å². The van der Waals surface area contributed by atoms with Crippen LogP contribution in [0.4, 0.5) is 4.39 Å². The second-order valence-electron chi connectivity index (χ2n) is 5.43. The predicted molar refractivity (Wildman–Crippen MR) is 100 cm³/mol. The molecule has 22 heavy (non-hydrogen) atoms. The third-order valence-corrected chi connectivity index (χ3v) is 3.40. The lowest BCUT2D eigenvalue weighted by Gasteiger charge is -2.21. The first kappa shape index (κ1) is 21.1. The molecule has 0 spiro atoms. The van der Waals surface area contributed by atoms with Crippen molar-refractivity contribution >= 4 is 29.9 Å². The minimum absolute atomic E-state index is 0. The summed E-state index contributed by atoms with van der Waals surface area (Å²) in [5, 5.41) is 16.5. The number of hydrogen-bond donors (Lipinski definition) is 3. The number of halogens is 2. The summed E-state index contributed by atoms with van der Waals surface area (Å²) >= 11 is 0. The van der Waals surface area contributed by atoms with Gasteiger partial charge in [-0.25, -0.2) is 4.39 Å². The topological polar surface area (TPSA) is 56.7 Å². The molecule has 3 N–H and O–H groups in total. The van der Waals surface area contributed by atoms with Gasteiger partial charge in [0.05, 0.1) is 6.54 Å². The Hall–Kier alpha value is -0.890.